The van der Waals surface area contributed by atoms with Crippen LogP contribution in [0.25, 0.3) is 0 Å². The van der Waals surface area contributed by atoms with E-state index in [0.29, 0.717) is 11.5 Å². The van der Waals surface area contributed by atoms with Crippen LogP contribution >= 0.6 is 0 Å². The number of allylic oxidation sites excluding steroid dienone is 1. The van der Waals surface area contributed by atoms with Crippen LogP contribution in [0.5, 0.6) is 0 Å². The lowest BCUT2D eigenvalue weighted by molar-refractivity contribution is 0.217. The zero-order valence-electron chi connectivity index (χ0n) is 10.7. The minimum Gasteiger partial charge on any atom is -0.271 e. The fourth-order valence-corrected chi connectivity index (χ4v) is 1.76. The Labute approximate surface area is 95.3 Å². The Morgan fingerprint density at radius 1 is 1.33 bits per heavy atom. The van der Waals surface area contributed by atoms with Crippen molar-refractivity contribution in [3.8, 4) is 0 Å². The van der Waals surface area contributed by atoms with E-state index in [1.165, 1.54) is 25.7 Å². The number of nitrogens with one attached hydrogen (secondary N) is 1. The second kappa shape index (κ2) is 7.89. The Morgan fingerprint density at radius 3 is 2.47 bits per heavy atom. The molecule has 0 heterocycles. The molecule has 0 aliphatic carbocycles. The first-order valence-corrected chi connectivity index (χ1v) is 6.15. The Hall–Kier alpha value is -0.340. The van der Waals surface area contributed by atoms with E-state index in [4.69, 9.17) is 5.84 Å². The van der Waals surface area contributed by atoms with Gasteiger partial charge in [-0.15, -0.1) is 6.58 Å². The van der Waals surface area contributed by atoms with Gasteiger partial charge in [0.2, 0.25) is 0 Å². The minimum absolute atomic E-state index is 0.299. The fraction of sp³-hybridized carbons (Fsp3) is 0.846. The molecule has 3 N–H and O–H groups in total. The maximum atomic E-state index is 5.61. The number of hydrogen-bond donors (Lipinski definition) is 2. The van der Waals surface area contributed by atoms with Gasteiger partial charge in [-0.05, 0) is 31.1 Å². The molecule has 0 aromatic carbocycles. The Kier molecular flexibility index (Phi) is 7.71. The Morgan fingerprint density at radius 2 is 2.00 bits per heavy atom. The summed E-state index contributed by atoms with van der Waals surface area (Å²) in [5.41, 5.74) is 3.26. The van der Waals surface area contributed by atoms with Gasteiger partial charge in [-0.1, -0.05) is 39.7 Å². The lowest BCUT2D eigenvalue weighted by Gasteiger charge is -2.33. The molecular weight excluding hydrogens is 184 g/mol. The third kappa shape index (κ3) is 5.95. The molecule has 0 aromatic rings. The molecule has 2 nitrogen and oxygen atoms in total. The van der Waals surface area contributed by atoms with Crippen LogP contribution in [0.2, 0.25) is 0 Å². The molecular formula is C13H28N2. The topological polar surface area (TPSA) is 38.0 Å². The Balaban J connectivity index is 3.75. The molecule has 2 heteroatoms. The van der Waals surface area contributed by atoms with Crippen LogP contribution in [0.3, 0.4) is 0 Å². The summed E-state index contributed by atoms with van der Waals surface area (Å²) in [6, 6.07) is 0.436. The average Bonchev–Trinajstić information content (AvgIpc) is 2.23. The van der Waals surface area contributed by atoms with Gasteiger partial charge >= 0.3 is 0 Å². The second-order valence-corrected chi connectivity index (χ2v) is 4.99. The summed E-state index contributed by atoms with van der Waals surface area (Å²) >= 11 is 0. The van der Waals surface area contributed by atoms with E-state index in [9.17, 15) is 0 Å². The van der Waals surface area contributed by atoms with E-state index < -0.39 is 0 Å². The number of rotatable bonds is 9. The molecule has 0 aliphatic rings. The van der Waals surface area contributed by atoms with Crippen LogP contribution in [-0.2, 0) is 0 Å². The van der Waals surface area contributed by atoms with Crippen LogP contribution in [0.15, 0.2) is 12.7 Å². The summed E-state index contributed by atoms with van der Waals surface area (Å²) in [4.78, 5) is 0. The zero-order valence-corrected chi connectivity index (χ0v) is 10.7. The van der Waals surface area contributed by atoms with Crippen molar-refractivity contribution in [2.24, 2.45) is 11.3 Å². The average molecular weight is 212 g/mol. The quantitative estimate of drug-likeness (QED) is 0.266. The van der Waals surface area contributed by atoms with Crippen molar-refractivity contribution < 1.29 is 0 Å². The SMILES string of the molecule is C=CCCCCCC(NN)C(C)(C)CC. The summed E-state index contributed by atoms with van der Waals surface area (Å²) in [6.07, 6.45) is 9.26. The summed E-state index contributed by atoms with van der Waals surface area (Å²) in [5.74, 6) is 5.61. The number of hydrazine groups is 1. The van der Waals surface area contributed by atoms with Crippen LogP contribution in [0.4, 0.5) is 0 Å². The van der Waals surface area contributed by atoms with Crippen molar-refractivity contribution >= 4 is 0 Å². The molecule has 90 valence electrons. The van der Waals surface area contributed by atoms with E-state index in [1.807, 2.05) is 6.08 Å². The predicted molar refractivity (Wildman–Crippen MR) is 68.5 cm³/mol. The van der Waals surface area contributed by atoms with Crippen molar-refractivity contribution in [1.82, 2.24) is 5.43 Å². The molecule has 1 atom stereocenters. The first-order valence-electron chi connectivity index (χ1n) is 6.15. The molecule has 15 heavy (non-hydrogen) atoms. The van der Waals surface area contributed by atoms with Gasteiger partial charge in [0.15, 0.2) is 0 Å². The third-order valence-electron chi connectivity index (χ3n) is 3.46. The second-order valence-electron chi connectivity index (χ2n) is 4.99. The first-order chi connectivity index (χ1) is 7.08. The van der Waals surface area contributed by atoms with Crippen molar-refractivity contribution in [2.75, 3.05) is 0 Å². The summed E-state index contributed by atoms with van der Waals surface area (Å²) in [7, 11) is 0. The molecule has 0 spiro atoms. The van der Waals surface area contributed by atoms with E-state index in [0.717, 1.165) is 12.8 Å². The highest BCUT2D eigenvalue weighted by Crippen LogP contribution is 2.27. The van der Waals surface area contributed by atoms with E-state index in [1.54, 1.807) is 0 Å². The van der Waals surface area contributed by atoms with Gasteiger partial charge < -0.3 is 0 Å². The van der Waals surface area contributed by atoms with E-state index in [-0.39, 0.29) is 0 Å². The number of nitrogens with two attached hydrogens (primary N) is 1. The van der Waals surface area contributed by atoms with E-state index >= 15 is 0 Å². The molecule has 0 fully saturated rings. The molecule has 0 aliphatic heterocycles. The monoisotopic (exact) mass is 212 g/mol. The van der Waals surface area contributed by atoms with Crippen molar-refractivity contribution in [3.63, 3.8) is 0 Å². The van der Waals surface area contributed by atoms with Crippen LogP contribution in [-0.4, -0.2) is 6.04 Å². The standard InChI is InChI=1S/C13H28N2/c1-5-7-8-9-10-11-12(15-14)13(3,4)6-2/h5,12,15H,1,6-11,14H2,2-4H3. The molecule has 0 amide bonds. The van der Waals surface area contributed by atoms with Gasteiger partial charge in [-0.2, -0.15) is 0 Å². The third-order valence-corrected chi connectivity index (χ3v) is 3.46. The summed E-state index contributed by atoms with van der Waals surface area (Å²) in [5, 5.41) is 0. The van der Waals surface area contributed by atoms with Crippen molar-refractivity contribution in [1.29, 1.82) is 0 Å². The normalized spacial score (nSPS) is 13.9. The lowest BCUT2D eigenvalue weighted by Crippen LogP contribution is -2.45. The van der Waals surface area contributed by atoms with Crippen molar-refractivity contribution in [3.05, 3.63) is 12.7 Å². The molecule has 0 saturated carbocycles. The van der Waals surface area contributed by atoms with Gasteiger partial charge in [0.05, 0.1) is 0 Å². The van der Waals surface area contributed by atoms with Crippen molar-refractivity contribution in [2.45, 2.75) is 65.3 Å². The predicted octanol–water partition coefficient (Wildman–Crippen LogP) is 3.39. The lowest BCUT2D eigenvalue weighted by atomic mass is 9.80. The van der Waals surface area contributed by atoms with E-state index in [2.05, 4.69) is 32.8 Å². The maximum Gasteiger partial charge on any atom is 0.0261 e. The highest BCUT2D eigenvalue weighted by atomic mass is 15.2. The highest BCUT2D eigenvalue weighted by Gasteiger charge is 2.25. The molecule has 0 rings (SSSR count). The minimum atomic E-state index is 0.299. The number of unbranched alkanes of at least 4 members (excludes halogenated alkanes) is 3. The molecule has 0 saturated heterocycles. The fourth-order valence-electron chi connectivity index (χ4n) is 1.76. The van der Waals surface area contributed by atoms with Gasteiger partial charge in [0, 0.05) is 6.04 Å². The molecule has 0 radical (unpaired) electrons. The molecule has 1 unspecified atom stereocenters. The molecule has 0 bridgehead atoms. The summed E-state index contributed by atoms with van der Waals surface area (Å²) < 4.78 is 0. The Bertz CT molecular complexity index is 164. The first kappa shape index (κ1) is 14.7. The summed E-state index contributed by atoms with van der Waals surface area (Å²) in [6.45, 7) is 10.5. The molecule has 0 aromatic heterocycles. The van der Waals surface area contributed by atoms with Crippen LogP contribution < -0.4 is 11.3 Å². The van der Waals surface area contributed by atoms with Gasteiger partial charge in [-0.25, -0.2) is 0 Å². The zero-order chi connectivity index (χ0) is 11.7. The largest absolute Gasteiger partial charge is 0.271 e. The van der Waals surface area contributed by atoms with Gasteiger partial charge in [-0.3, -0.25) is 11.3 Å². The van der Waals surface area contributed by atoms with Crippen LogP contribution in [0.1, 0.15) is 59.3 Å². The maximum absolute atomic E-state index is 5.61. The smallest absolute Gasteiger partial charge is 0.0261 e. The number of hydrogen-bond acceptors (Lipinski definition) is 2. The van der Waals surface area contributed by atoms with Gasteiger partial charge in [0.25, 0.3) is 0 Å². The van der Waals surface area contributed by atoms with Gasteiger partial charge in [0.1, 0.15) is 0 Å². The highest BCUT2D eigenvalue weighted by molar-refractivity contribution is 4.81. The van der Waals surface area contributed by atoms with Crippen LogP contribution in [0, 0.1) is 5.41 Å².